The van der Waals surface area contributed by atoms with Gasteiger partial charge in [0.05, 0.1) is 13.1 Å². The van der Waals surface area contributed by atoms with Gasteiger partial charge in [-0.25, -0.2) is 4.98 Å². The van der Waals surface area contributed by atoms with Crippen LogP contribution in [0.15, 0.2) is 42.5 Å². The number of hydrogen-bond acceptors (Lipinski definition) is 4. The second kappa shape index (κ2) is 8.31. The molecular formula is C21H24F3N3O2. The van der Waals surface area contributed by atoms with E-state index in [0.717, 1.165) is 11.6 Å². The summed E-state index contributed by atoms with van der Waals surface area (Å²) >= 11 is 0. The molecule has 2 aromatic rings. The van der Waals surface area contributed by atoms with E-state index in [1.165, 1.54) is 6.07 Å². The van der Waals surface area contributed by atoms with Crippen molar-refractivity contribution >= 4 is 11.7 Å². The molecule has 1 saturated heterocycles. The fraction of sp³-hybridized carbons (Fsp3) is 0.429. The fourth-order valence-corrected chi connectivity index (χ4v) is 3.09. The summed E-state index contributed by atoms with van der Waals surface area (Å²) in [7, 11) is 3.48. The Kier molecular flexibility index (Phi) is 6.00. The normalized spacial score (nSPS) is 15.6. The summed E-state index contributed by atoms with van der Waals surface area (Å²) in [5.74, 6) is 1.18. The molecule has 156 valence electrons. The maximum atomic E-state index is 12.8. The Bertz CT molecular complexity index is 847. The van der Waals surface area contributed by atoms with Crippen molar-refractivity contribution in [3.05, 3.63) is 53.7 Å². The quantitative estimate of drug-likeness (QED) is 0.728. The molecule has 0 N–H and O–H groups in total. The first kappa shape index (κ1) is 21.0. The number of carbonyl (C=O) groups is 1. The number of ether oxygens (including phenoxy) is 1. The molecule has 3 rings (SSSR count). The highest BCUT2D eigenvalue weighted by Crippen LogP contribution is 2.30. The first-order valence-corrected chi connectivity index (χ1v) is 9.39. The van der Waals surface area contributed by atoms with Crippen molar-refractivity contribution in [3.8, 4) is 5.75 Å². The van der Waals surface area contributed by atoms with Crippen molar-refractivity contribution < 1.29 is 22.7 Å². The maximum Gasteiger partial charge on any atom is 0.433 e. The molecule has 0 radical (unpaired) electrons. The minimum atomic E-state index is -4.45. The molecule has 0 spiro atoms. The summed E-state index contributed by atoms with van der Waals surface area (Å²) in [6.07, 6.45) is -4.12. The van der Waals surface area contributed by atoms with Crippen molar-refractivity contribution in [1.29, 1.82) is 0 Å². The van der Waals surface area contributed by atoms with Crippen LogP contribution in [0.2, 0.25) is 0 Å². The number of nitrogens with zero attached hydrogens (tertiary/aromatic N) is 3. The number of halogens is 3. The topological polar surface area (TPSA) is 45.7 Å². The largest absolute Gasteiger partial charge is 0.487 e. The number of anilines is 1. The highest BCUT2D eigenvalue weighted by atomic mass is 19.4. The summed E-state index contributed by atoms with van der Waals surface area (Å²) in [5.41, 5.74) is 0.160. The van der Waals surface area contributed by atoms with Crippen molar-refractivity contribution in [2.75, 3.05) is 32.1 Å². The minimum Gasteiger partial charge on any atom is -0.487 e. The van der Waals surface area contributed by atoms with Crippen LogP contribution < -0.4 is 9.64 Å². The third-order valence-corrected chi connectivity index (χ3v) is 4.93. The first-order chi connectivity index (χ1) is 13.6. The van der Waals surface area contributed by atoms with E-state index in [2.05, 4.69) is 4.98 Å². The number of carbonyl (C=O) groups excluding carboxylic acids is 1. The molecule has 0 unspecified atom stereocenters. The van der Waals surface area contributed by atoms with Gasteiger partial charge in [0.15, 0.2) is 0 Å². The van der Waals surface area contributed by atoms with Crippen LogP contribution in [0.1, 0.15) is 30.5 Å². The van der Waals surface area contributed by atoms with E-state index in [4.69, 9.17) is 4.74 Å². The van der Waals surface area contributed by atoms with Crippen molar-refractivity contribution in [1.82, 2.24) is 9.88 Å². The predicted octanol–water partition coefficient (Wildman–Crippen LogP) is 3.95. The second-order valence-electron chi connectivity index (χ2n) is 7.49. The highest BCUT2D eigenvalue weighted by Gasteiger charge is 2.35. The van der Waals surface area contributed by atoms with Crippen LogP contribution in [0.3, 0.4) is 0 Å². The average molecular weight is 407 g/mol. The third kappa shape index (κ3) is 5.19. The van der Waals surface area contributed by atoms with E-state index >= 15 is 0 Å². The Morgan fingerprint density at radius 2 is 1.86 bits per heavy atom. The van der Waals surface area contributed by atoms with Crippen LogP contribution >= 0.6 is 0 Å². The molecular weight excluding hydrogens is 383 g/mol. The molecule has 1 aliphatic heterocycles. The van der Waals surface area contributed by atoms with Gasteiger partial charge in [0.1, 0.15) is 23.4 Å². The maximum absolute atomic E-state index is 12.8. The lowest BCUT2D eigenvalue weighted by atomic mass is 9.97. The highest BCUT2D eigenvalue weighted by molar-refractivity contribution is 5.76. The number of amides is 1. The van der Waals surface area contributed by atoms with Crippen molar-refractivity contribution in [2.45, 2.75) is 31.5 Å². The van der Waals surface area contributed by atoms with Crippen LogP contribution in [-0.4, -0.2) is 49.1 Å². The molecule has 0 bridgehead atoms. The zero-order valence-corrected chi connectivity index (χ0v) is 16.6. The van der Waals surface area contributed by atoms with E-state index in [0.29, 0.717) is 31.1 Å². The predicted molar refractivity (Wildman–Crippen MR) is 104 cm³/mol. The summed E-state index contributed by atoms with van der Waals surface area (Å²) in [5, 5.41) is 0. The Hall–Kier alpha value is -2.77. The van der Waals surface area contributed by atoms with Gasteiger partial charge in [0.25, 0.3) is 0 Å². The van der Waals surface area contributed by atoms with Gasteiger partial charge in [-0.1, -0.05) is 25.1 Å². The second-order valence-corrected chi connectivity index (χ2v) is 7.49. The summed E-state index contributed by atoms with van der Waals surface area (Å²) in [6, 6.07) is 11.5. The third-order valence-electron chi connectivity index (χ3n) is 4.93. The van der Waals surface area contributed by atoms with Crippen molar-refractivity contribution in [2.24, 2.45) is 0 Å². The molecule has 0 aliphatic carbocycles. The molecule has 8 heteroatoms. The molecule has 2 heterocycles. The lowest BCUT2D eigenvalue weighted by Crippen LogP contribution is -2.54. The molecule has 1 aromatic carbocycles. The number of pyridine rings is 1. The van der Waals surface area contributed by atoms with Crippen LogP contribution in [0.25, 0.3) is 0 Å². The number of alkyl halides is 3. The first-order valence-electron chi connectivity index (χ1n) is 9.39. The van der Waals surface area contributed by atoms with E-state index in [9.17, 15) is 18.0 Å². The van der Waals surface area contributed by atoms with E-state index in [1.807, 2.05) is 31.2 Å². The van der Waals surface area contributed by atoms with Crippen LogP contribution in [-0.2, 0) is 11.0 Å². The number of rotatable bonds is 6. The monoisotopic (exact) mass is 407 g/mol. The minimum absolute atomic E-state index is 0.0792. The van der Waals surface area contributed by atoms with Gasteiger partial charge in [0, 0.05) is 20.5 Å². The van der Waals surface area contributed by atoms with Gasteiger partial charge >= 0.3 is 6.18 Å². The van der Waals surface area contributed by atoms with Gasteiger partial charge in [-0.3, -0.25) is 4.79 Å². The van der Waals surface area contributed by atoms with Crippen molar-refractivity contribution in [3.63, 3.8) is 0 Å². The van der Waals surface area contributed by atoms with Gasteiger partial charge in [-0.2, -0.15) is 13.2 Å². The Morgan fingerprint density at radius 3 is 2.45 bits per heavy atom. The van der Waals surface area contributed by atoms with Gasteiger partial charge < -0.3 is 14.5 Å². The molecule has 0 saturated carbocycles. The molecule has 1 fully saturated rings. The zero-order chi connectivity index (χ0) is 21.2. The summed E-state index contributed by atoms with van der Waals surface area (Å²) < 4.78 is 44.3. The Labute approximate surface area is 168 Å². The van der Waals surface area contributed by atoms with E-state index in [-0.39, 0.29) is 17.9 Å². The van der Waals surface area contributed by atoms with E-state index in [1.54, 1.807) is 30.0 Å². The molecule has 1 atom stereocenters. The zero-order valence-electron chi connectivity index (χ0n) is 16.6. The molecule has 1 amide bonds. The van der Waals surface area contributed by atoms with Gasteiger partial charge in [0.2, 0.25) is 5.91 Å². The SMILES string of the molecule is C[C@H](CC(=O)N(C)C)c1ccc(OC2CN(c3cccc(C(F)(F)F)n3)C2)cc1. The van der Waals surface area contributed by atoms with Gasteiger partial charge in [-0.15, -0.1) is 0 Å². The molecule has 1 aliphatic rings. The number of hydrogen-bond donors (Lipinski definition) is 0. The van der Waals surface area contributed by atoms with Crippen LogP contribution in [0.5, 0.6) is 5.75 Å². The smallest absolute Gasteiger partial charge is 0.433 e. The van der Waals surface area contributed by atoms with E-state index < -0.39 is 11.9 Å². The number of benzene rings is 1. The van der Waals surface area contributed by atoms with Crippen LogP contribution in [0, 0.1) is 0 Å². The Balaban J connectivity index is 1.52. The molecule has 5 nitrogen and oxygen atoms in total. The van der Waals surface area contributed by atoms with Crippen LogP contribution in [0.4, 0.5) is 19.0 Å². The van der Waals surface area contributed by atoms with Gasteiger partial charge in [-0.05, 0) is 35.7 Å². The molecule has 1 aromatic heterocycles. The Morgan fingerprint density at radius 1 is 1.21 bits per heavy atom. The number of aromatic nitrogens is 1. The molecule has 29 heavy (non-hydrogen) atoms. The summed E-state index contributed by atoms with van der Waals surface area (Å²) in [4.78, 5) is 18.9. The fourth-order valence-electron chi connectivity index (χ4n) is 3.09. The lowest BCUT2D eigenvalue weighted by molar-refractivity contribution is -0.141. The lowest BCUT2D eigenvalue weighted by Gasteiger charge is -2.40. The summed E-state index contributed by atoms with van der Waals surface area (Å²) in [6.45, 7) is 2.96. The average Bonchev–Trinajstić information content (AvgIpc) is 2.64. The standard InChI is InChI=1S/C21H24F3N3O2/c1-14(11-20(28)26(2)3)15-7-9-16(10-8-15)29-17-12-27(13-17)19-6-4-5-18(25-19)21(22,23)24/h4-10,14,17H,11-13H2,1-3H3/t14-/m1/s1.